The predicted octanol–water partition coefficient (Wildman–Crippen LogP) is 5.18. The van der Waals surface area contributed by atoms with Gasteiger partial charge >= 0.3 is 0 Å². The lowest BCUT2D eigenvalue weighted by molar-refractivity contribution is 0.387. The lowest BCUT2D eigenvalue weighted by Crippen LogP contribution is -2.34. The summed E-state index contributed by atoms with van der Waals surface area (Å²) < 4.78 is 11.2. The van der Waals surface area contributed by atoms with Crippen LogP contribution in [0.5, 0.6) is 5.75 Å². The van der Waals surface area contributed by atoms with E-state index in [0.717, 1.165) is 43.7 Å². The summed E-state index contributed by atoms with van der Waals surface area (Å²) in [5, 5.41) is 9.52. The fourth-order valence-electron chi connectivity index (χ4n) is 3.89. The first-order valence-electron chi connectivity index (χ1n) is 10.3. The third kappa shape index (κ3) is 4.72. The monoisotopic (exact) mass is 399 g/mol. The molecule has 0 spiro atoms. The first-order chi connectivity index (χ1) is 14.7. The van der Waals surface area contributed by atoms with Gasteiger partial charge in [-0.15, -0.1) is 0 Å². The van der Waals surface area contributed by atoms with Crippen LogP contribution in [0.1, 0.15) is 35.6 Å². The number of hydrogen-bond donors (Lipinski definition) is 0. The second-order valence-corrected chi connectivity index (χ2v) is 7.55. The molecule has 1 saturated heterocycles. The summed E-state index contributed by atoms with van der Waals surface area (Å²) in [5.41, 5.74) is 2.72. The molecule has 4 rings (SSSR count). The van der Waals surface area contributed by atoms with Gasteiger partial charge in [0.15, 0.2) is 0 Å². The van der Waals surface area contributed by atoms with Crippen LogP contribution in [0.4, 0.5) is 5.88 Å². The number of nitriles is 1. The maximum absolute atomic E-state index is 9.52. The van der Waals surface area contributed by atoms with Gasteiger partial charge < -0.3 is 14.1 Å². The molecule has 0 N–H and O–H groups in total. The SMILES string of the molecule is COc1cccc(/C=C/c2nc(C#N)c(N3CCC(Cc4ccccc4)CC3)o2)c1. The minimum atomic E-state index is 0.349. The number of aromatic nitrogens is 1. The van der Waals surface area contributed by atoms with Crippen LogP contribution in [0.15, 0.2) is 59.0 Å². The maximum Gasteiger partial charge on any atom is 0.235 e. The van der Waals surface area contributed by atoms with Crippen LogP contribution < -0.4 is 9.64 Å². The summed E-state index contributed by atoms with van der Waals surface area (Å²) in [6.07, 6.45) is 6.96. The number of rotatable bonds is 6. The van der Waals surface area contributed by atoms with E-state index in [4.69, 9.17) is 9.15 Å². The number of anilines is 1. The zero-order chi connectivity index (χ0) is 20.8. The second-order valence-electron chi connectivity index (χ2n) is 7.55. The summed E-state index contributed by atoms with van der Waals surface area (Å²) in [6.45, 7) is 1.75. The van der Waals surface area contributed by atoms with Crippen molar-refractivity contribution in [3.05, 3.63) is 77.3 Å². The van der Waals surface area contributed by atoms with Crippen molar-refractivity contribution in [2.24, 2.45) is 5.92 Å². The number of ether oxygens (including phenoxy) is 1. The van der Waals surface area contributed by atoms with Crippen molar-refractivity contribution in [3.8, 4) is 11.8 Å². The highest BCUT2D eigenvalue weighted by Gasteiger charge is 2.25. The Bertz CT molecular complexity index is 1040. The highest BCUT2D eigenvalue weighted by molar-refractivity contribution is 5.68. The molecule has 0 amide bonds. The van der Waals surface area contributed by atoms with Crippen LogP contribution in [0, 0.1) is 17.2 Å². The Hall–Kier alpha value is -3.52. The zero-order valence-corrected chi connectivity index (χ0v) is 17.1. The molecule has 1 fully saturated rings. The molecular formula is C25H25N3O2. The van der Waals surface area contributed by atoms with E-state index in [-0.39, 0.29) is 0 Å². The zero-order valence-electron chi connectivity index (χ0n) is 17.1. The maximum atomic E-state index is 9.52. The number of methoxy groups -OCH3 is 1. The van der Waals surface area contributed by atoms with Gasteiger partial charge in [-0.05, 0) is 54.5 Å². The van der Waals surface area contributed by atoms with Crippen molar-refractivity contribution in [2.75, 3.05) is 25.1 Å². The number of nitrogens with zero attached hydrogens (tertiary/aromatic N) is 3. The molecule has 1 aromatic heterocycles. The van der Waals surface area contributed by atoms with Gasteiger partial charge in [0.2, 0.25) is 17.5 Å². The van der Waals surface area contributed by atoms with Crippen molar-refractivity contribution < 1.29 is 9.15 Å². The number of oxazole rings is 1. The van der Waals surface area contributed by atoms with E-state index >= 15 is 0 Å². The Labute approximate surface area is 177 Å². The molecule has 0 aliphatic carbocycles. The fourth-order valence-corrected chi connectivity index (χ4v) is 3.89. The summed E-state index contributed by atoms with van der Waals surface area (Å²) >= 11 is 0. The lowest BCUT2D eigenvalue weighted by atomic mass is 9.90. The second kappa shape index (κ2) is 9.32. The Morgan fingerprint density at radius 3 is 2.67 bits per heavy atom. The van der Waals surface area contributed by atoms with Crippen LogP contribution in [0.25, 0.3) is 12.2 Å². The topological polar surface area (TPSA) is 62.3 Å². The van der Waals surface area contributed by atoms with Crippen LogP contribution in [-0.2, 0) is 6.42 Å². The molecule has 3 aromatic rings. The van der Waals surface area contributed by atoms with E-state index in [2.05, 4.69) is 46.3 Å². The number of piperidine rings is 1. The Morgan fingerprint density at radius 1 is 1.13 bits per heavy atom. The quantitative estimate of drug-likeness (QED) is 0.571. The van der Waals surface area contributed by atoms with Crippen molar-refractivity contribution in [1.82, 2.24) is 4.98 Å². The fraction of sp³-hybridized carbons (Fsp3) is 0.280. The molecule has 5 nitrogen and oxygen atoms in total. The van der Waals surface area contributed by atoms with Gasteiger partial charge in [0.05, 0.1) is 7.11 Å². The Balaban J connectivity index is 1.42. The molecule has 0 radical (unpaired) electrons. The highest BCUT2D eigenvalue weighted by atomic mass is 16.5. The normalized spacial score (nSPS) is 14.7. The first-order valence-corrected chi connectivity index (χ1v) is 10.3. The van der Waals surface area contributed by atoms with Crippen molar-refractivity contribution in [3.63, 3.8) is 0 Å². The molecular weight excluding hydrogens is 374 g/mol. The molecule has 30 heavy (non-hydrogen) atoms. The average Bonchev–Trinajstić information content (AvgIpc) is 3.22. The van der Waals surface area contributed by atoms with E-state index in [0.29, 0.717) is 23.4 Å². The van der Waals surface area contributed by atoms with Crippen LogP contribution in [-0.4, -0.2) is 25.2 Å². The van der Waals surface area contributed by atoms with Crippen LogP contribution in [0.2, 0.25) is 0 Å². The lowest BCUT2D eigenvalue weighted by Gasteiger charge is -2.31. The van der Waals surface area contributed by atoms with E-state index in [9.17, 15) is 5.26 Å². The Kier molecular flexibility index (Phi) is 6.14. The third-order valence-corrected chi connectivity index (χ3v) is 5.51. The van der Waals surface area contributed by atoms with Crippen molar-refractivity contribution in [2.45, 2.75) is 19.3 Å². The first kappa shape index (κ1) is 19.8. The molecule has 0 saturated carbocycles. The van der Waals surface area contributed by atoms with Gasteiger partial charge in [0.1, 0.15) is 11.8 Å². The molecule has 1 aliphatic heterocycles. The standard InChI is InChI=1S/C25H25N3O2/c1-29-22-9-5-8-20(17-22)10-11-24-27-23(18-26)25(30-24)28-14-12-21(13-15-28)16-19-6-3-2-4-7-19/h2-11,17,21H,12-16H2,1H3/b11-10+. The van der Waals surface area contributed by atoms with Crippen LogP contribution >= 0.6 is 0 Å². The van der Waals surface area contributed by atoms with Crippen molar-refractivity contribution in [1.29, 1.82) is 5.26 Å². The van der Waals surface area contributed by atoms with E-state index in [1.165, 1.54) is 5.56 Å². The molecule has 152 valence electrons. The molecule has 0 atom stereocenters. The minimum absolute atomic E-state index is 0.349. The van der Waals surface area contributed by atoms with Gasteiger partial charge in [-0.25, -0.2) is 0 Å². The van der Waals surface area contributed by atoms with E-state index in [1.54, 1.807) is 13.2 Å². The predicted molar refractivity (Wildman–Crippen MR) is 118 cm³/mol. The Morgan fingerprint density at radius 2 is 1.93 bits per heavy atom. The minimum Gasteiger partial charge on any atom is -0.497 e. The van der Waals surface area contributed by atoms with Crippen LogP contribution in [0.3, 0.4) is 0 Å². The van der Waals surface area contributed by atoms with Gasteiger partial charge in [-0.2, -0.15) is 10.2 Å². The summed E-state index contributed by atoms with van der Waals surface area (Å²) in [5.74, 6) is 2.47. The van der Waals surface area contributed by atoms with Gasteiger partial charge in [-0.3, -0.25) is 0 Å². The van der Waals surface area contributed by atoms with Gasteiger partial charge in [-0.1, -0.05) is 42.5 Å². The number of hydrogen-bond acceptors (Lipinski definition) is 5. The van der Waals surface area contributed by atoms with Gasteiger partial charge in [0.25, 0.3) is 0 Å². The molecule has 2 heterocycles. The number of benzene rings is 2. The average molecular weight is 399 g/mol. The summed E-state index contributed by atoms with van der Waals surface area (Å²) in [6, 6.07) is 20.6. The molecule has 0 bridgehead atoms. The van der Waals surface area contributed by atoms with Gasteiger partial charge in [0, 0.05) is 19.2 Å². The molecule has 5 heteroatoms. The third-order valence-electron chi connectivity index (χ3n) is 5.51. The van der Waals surface area contributed by atoms with E-state index < -0.39 is 0 Å². The summed E-state index contributed by atoms with van der Waals surface area (Å²) in [4.78, 5) is 6.51. The highest BCUT2D eigenvalue weighted by Crippen LogP contribution is 2.29. The largest absolute Gasteiger partial charge is 0.497 e. The van der Waals surface area contributed by atoms with E-state index in [1.807, 2.05) is 30.3 Å². The van der Waals surface area contributed by atoms with Crippen molar-refractivity contribution >= 4 is 18.0 Å². The molecule has 2 aromatic carbocycles. The smallest absolute Gasteiger partial charge is 0.235 e. The molecule has 0 unspecified atom stereocenters. The molecule has 1 aliphatic rings. The summed E-state index contributed by atoms with van der Waals surface area (Å²) in [7, 11) is 1.64.